The van der Waals surface area contributed by atoms with Gasteiger partial charge in [0.2, 0.25) is 0 Å². The van der Waals surface area contributed by atoms with Crippen molar-refractivity contribution in [1.82, 2.24) is 0 Å². The quantitative estimate of drug-likeness (QED) is 0.636. The van der Waals surface area contributed by atoms with E-state index in [4.69, 9.17) is 7.01 Å². The molecule has 0 aromatic heterocycles. The summed E-state index contributed by atoms with van der Waals surface area (Å²) < 4.78 is 23.2. The summed E-state index contributed by atoms with van der Waals surface area (Å²) in [5.74, 6) is 0. The van der Waals surface area contributed by atoms with Gasteiger partial charge in [-0.25, -0.2) is 0 Å². The molecule has 3 nitrogen and oxygen atoms in total. The molecular weight excluding hydrogens is 156 g/mol. The fourth-order valence-electron chi connectivity index (χ4n) is 0.598. The second-order valence-electron chi connectivity index (χ2n) is 1.82. The van der Waals surface area contributed by atoms with E-state index in [1.165, 1.54) is 0 Å². The van der Waals surface area contributed by atoms with Crippen molar-refractivity contribution < 1.29 is 28.9 Å². The summed E-state index contributed by atoms with van der Waals surface area (Å²) >= 11 is -3.24. The van der Waals surface area contributed by atoms with Crippen LogP contribution in [-0.2, 0) is 25.3 Å². The Morgan fingerprint density at radius 3 is 2.11 bits per heavy atom. The van der Waals surface area contributed by atoms with Gasteiger partial charge in [0.15, 0.2) is 0 Å². The van der Waals surface area contributed by atoms with Crippen molar-refractivity contribution in [2.24, 2.45) is 0 Å². The van der Waals surface area contributed by atoms with Crippen LogP contribution in [0.1, 0.15) is 26.7 Å². The second kappa shape index (κ2) is 5.24. The predicted molar refractivity (Wildman–Crippen MR) is 28.4 cm³/mol. The van der Waals surface area contributed by atoms with E-state index in [1.807, 2.05) is 13.8 Å². The zero-order chi connectivity index (χ0) is 7.28. The van der Waals surface area contributed by atoms with Crippen molar-refractivity contribution in [3.63, 3.8) is 0 Å². The molecule has 54 valence electrons. The van der Waals surface area contributed by atoms with Gasteiger partial charge in [0, 0.05) is 0 Å². The first-order chi connectivity index (χ1) is 4.20. The second-order valence-corrected chi connectivity index (χ2v) is 3.02. The van der Waals surface area contributed by atoms with Crippen LogP contribution in [0, 0.1) is 0 Å². The summed E-state index contributed by atoms with van der Waals surface area (Å²) in [7, 11) is 0. The Morgan fingerprint density at radius 2 is 2.00 bits per heavy atom. The van der Waals surface area contributed by atoms with Gasteiger partial charge in [-0.2, -0.15) is 0 Å². The van der Waals surface area contributed by atoms with Crippen LogP contribution < -0.4 is 0 Å². The van der Waals surface area contributed by atoms with Crippen molar-refractivity contribution in [3.05, 3.63) is 0 Å². The zero-order valence-corrected chi connectivity index (χ0v) is 7.32. The van der Waals surface area contributed by atoms with Gasteiger partial charge < -0.3 is 0 Å². The molecule has 9 heavy (non-hydrogen) atoms. The maximum absolute atomic E-state index is 10.2. The van der Waals surface area contributed by atoms with Crippen LogP contribution >= 0.6 is 0 Å². The molecule has 0 heterocycles. The van der Waals surface area contributed by atoms with Gasteiger partial charge in [0.05, 0.1) is 0 Å². The van der Waals surface area contributed by atoms with Crippen molar-refractivity contribution >= 4 is 0 Å². The van der Waals surface area contributed by atoms with Crippen LogP contribution in [0.3, 0.4) is 0 Å². The summed E-state index contributed by atoms with van der Waals surface area (Å²) in [6.45, 7) is 3.88. The van der Waals surface area contributed by atoms with Crippen LogP contribution in [0.15, 0.2) is 0 Å². The fourth-order valence-corrected chi connectivity index (χ4v) is 1.56. The molecule has 0 amide bonds. The van der Waals surface area contributed by atoms with Gasteiger partial charge in [-0.3, -0.25) is 0 Å². The van der Waals surface area contributed by atoms with Crippen LogP contribution in [0.5, 0.6) is 0 Å². The minimum absolute atomic E-state index is 0.0116. The first kappa shape index (κ1) is 9.43. The Balaban J connectivity index is 3.43. The van der Waals surface area contributed by atoms with Crippen molar-refractivity contribution in [3.8, 4) is 0 Å². The molecule has 0 aliphatic carbocycles. The summed E-state index contributed by atoms with van der Waals surface area (Å²) in [6.07, 6.45) is 1.62. The first-order valence-electron chi connectivity index (χ1n) is 3.10. The molecule has 0 aliphatic rings. The van der Waals surface area contributed by atoms with E-state index in [0.29, 0.717) is 0 Å². The normalized spacial score (nSPS) is 10.2. The van der Waals surface area contributed by atoms with Crippen molar-refractivity contribution in [2.75, 3.05) is 0 Å². The molecule has 0 bridgehead atoms. The SMILES string of the molecule is CCC(CC)[O][Ti](=[O])[OH]. The average Bonchev–Trinajstić information content (AvgIpc) is 1.82. The number of hydrogen-bond donors (Lipinski definition) is 1. The Labute approximate surface area is 62.1 Å². The summed E-state index contributed by atoms with van der Waals surface area (Å²) in [4.78, 5) is 0. The molecule has 0 saturated carbocycles. The van der Waals surface area contributed by atoms with Crippen LogP contribution in [0.25, 0.3) is 0 Å². The topological polar surface area (TPSA) is 46.5 Å². The zero-order valence-electron chi connectivity index (χ0n) is 5.76. The monoisotopic (exact) mass is 168 g/mol. The maximum atomic E-state index is 10.2. The third-order valence-corrected chi connectivity index (χ3v) is 2.01. The molecule has 0 atom stereocenters. The fraction of sp³-hybridized carbons (Fsp3) is 1.00. The van der Waals surface area contributed by atoms with Crippen molar-refractivity contribution in [1.29, 1.82) is 0 Å². The third kappa shape index (κ3) is 4.91. The van der Waals surface area contributed by atoms with Gasteiger partial charge in [-0.05, 0) is 0 Å². The molecular formula is C5H12O3Ti. The van der Waals surface area contributed by atoms with Gasteiger partial charge in [-0.1, -0.05) is 0 Å². The van der Waals surface area contributed by atoms with E-state index in [9.17, 15) is 3.32 Å². The van der Waals surface area contributed by atoms with Crippen LogP contribution in [0.2, 0.25) is 0 Å². The predicted octanol–water partition coefficient (Wildman–Crippen LogP) is 0.978. The standard InChI is InChI=1S/C5H11O.H2O.O.Ti/c1-3-5(6)4-2;;;/h5H,3-4H2,1-2H3;1H2;;/q-1;;;+2/p-1. The van der Waals surface area contributed by atoms with E-state index >= 15 is 0 Å². The van der Waals surface area contributed by atoms with E-state index < -0.39 is 18.6 Å². The van der Waals surface area contributed by atoms with Crippen LogP contribution in [0.4, 0.5) is 0 Å². The van der Waals surface area contributed by atoms with Crippen molar-refractivity contribution in [2.45, 2.75) is 32.8 Å². The molecule has 0 aromatic carbocycles. The molecule has 0 fully saturated rings. The van der Waals surface area contributed by atoms with E-state index in [0.717, 1.165) is 12.8 Å². The number of rotatable bonds is 4. The molecule has 0 saturated heterocycles. The summed E-state index contributed by atoms with van der Waals surface area (Å²) in [5, 5.41) is 0. The molecule has 0 rings (SSSR count). The first-order valence-corrected chi connectivity index (χ1v) is 5.07. The Kier molecular flexibility index (Phi) is 5.49. The molecule has 0 aromatic rings. The molecule has 0 spiro atoms. The molecule has 4 heteroatoms. The Bertz CT molecular complexity index is 90.2. The molecule has 0 aliphatic heterocycles. The average molecular weight is 168 g/mol. The van der Waals surface area contributed by atoms with Gasteiger partial charge >= 0.3 is 61.7 Å². The summed E-state index contributed by atoms with van der Waals surface area (Å²) in [6, 6.07) is 0. The minimum atomic E-state index is -3.24. The van der Waals surface area contributed by atoms with E-state index in [2.05, 4.69) is 0 Å². The number of hydrogen-bond acceptors (Lipinski definition) is 2. The van der Waals surface area contributed by atoms with E-state index in [1.54, 1.807) is 0 Å². The van der Waals surface area contributed by atoms with Gasteiger partial charge in [0.1, 0.15) is 0 Å². The van der Waals surface area contributed by atoms with Crippen LogP contribution in [-0.4, -0.2) is 9.79 Å². The third-order valence-electron chi connectivity index (χ3n) is 1.18. The Morgan fingerprint density at radius 1 is 1.56 bits per heavy atom. The summed E-state index contributed by atoms with van der Waals surface area (Å²) in [5.41, 5.74) is 0. The molecule has 0 unspecified atom stereocenters. The van der Waals surface area contributed by atoms with E-state index in [-0.39, 0.29) is 6.10 Å². The molecule has 0 radical (unpaired) electrons. The van der Waals surface area contributed by atoms with Gasteiger partial charge in [0.25, 0.3) is 0 Å². The molecule has 1 N–H and O–H groups in total. The van der Waals surface area contributed by atoms with Gasteiger partial charge in [-0.15, -0.1) is 0 Å². The Hall–Kier alpha value is 0.434.